The van der Waals surface area contributed by atoms with Crippen molar-refractivity contribution in [3.63, 3.8) is 0 Å². The summed E-state index contributed by atoms with van der Waals surface area (Å²) < 4.78 is 0. The summed E-state index contributed by atoms with van der Waals surface area (Å²) in [5.41, 5.74) is 2.77. The molecule has 2 unspecified atom stereocenters. The van der Waals surface area contributed by atoms with Crippen molar-refractivity contribution >= 4 is 59.9 Å². The van der Waals surface area contributed by atoms with Gasteiger partial charge < -0.3 is 9.41 Å². The van der Waals surface area contributed by atoms with Crippen LogP contribution in [0.25, 0.3) is 21.5 Å². The van der Waals surface area contributed by atoms with Gasteiger partial charge in [-0.3, -0.25) is 12.2 Å². The van der Waals surface area contributed by atoms with Gasteiger partial charge in [0.05, 0.1) is 0 Å². The Balaban J connectivity index is 0.000000350. The molecule has 0 fully saturated rings. The second-order valence-electron chi connectivity index (χ2n) is 10.6. The van der Waals surface area contributed by atoms with Crippen LogP contribution in [0.4, 0.5) is 0 Å². The zero-order valence-corrected chi connectivity index (χ0v) is 32.3. The van der Waals surface area contributed by atoms with Gasteiger partial charge in [0, 0.05) is 0 Å². The molecule has 240 valence electrons. The second-order valence-corrected chi connectivity index (χ2v) is 13.4. The van der Waals surface area contributed by atoms with Gasteiger partial charge >= 0.3 is 43.4 Å². The Morgan fingerprint density at radius 2 is 0.896 bits per heavy atom. The van der Waals surface area contributed by atoms with E-state index in [0.29, 0.717) is 0 Å². The van der Waals surface area contributed by atoms with Gasteiger partial charge in [0.25, 0.3) is 0 Å². The molecule has 8 rings (SSSR count). The predicted octanol–water partition coefficient (Wildman–Crippen LogP) is 3.61. The minimum atomic E-state index is 0. The third kappa shape index (κ3) is 13.6. The van der Waals surface area contributed by atoms with Crippen LogP contribution in [0.15, 0.2) is 158 Å². The van der Waals surface area contributed by atoms with Crippen LogP contribution in [0.2, 0.25) is 0 Å². The normalized spacial score (nSPS) is 11.9. The Morgan fingerprint density at radius 3 is 1.21 bits per heavy atom. The molecule has 0 heterocycles. The molecule has 2 aliphatic carbocycles. The molecule has 0 nitrogen and oxygen atoms in total. The van der Waals surface area contributed by atoms with Crippen LogP contribution in [0.5, 0.6) is 0 Å². The molecule has 0 bridgehead atoms. The number of halogens is 2. The first-order valence-corrected chi connectivity index (χ1v) is 17.1. The van der Waals surface area contributed by atoms with Gasteiger partial charge in [-0.15, -0.1) is 93.5 Å². The van der Waals surface area contributed by atoms with Crippen LogP contribution < -0.4 is 30.6 Å². The van der Waals surface area contributed by atoms with E-state index < -0.39 is 0 Å². The molecule has 6 aromatic rings. The Hall–Kier alpha value is -2.79. The average molecular weight is 738 g/mol. The molecule has 0 aliphatic heterocycles. The summed E-state index contributed by atoms with van der Waals surface area (Å²) in [6, 6.07) is 43.6. The maximum atomic E-state index is 2.99. The zero-order valence-electron chi connectivity index (χ0n) is 27.2. The summed E-state index contributed by atoms with van der Waals surface area (Å²) in [4.78, 5) is 0. The van der Waals surface area contributed by atoms with E-state index in [1.165, 1.54) is 53.9 Å². The third-order valence-electron chi connectivity index (χ3n) is 7.26. The number of aryl methyl sites for hydroxylation is 2. The van der Waals surface area contributed by atoms with Gasteiger partial charge in [-0.2, -0.15) is 24.3 Å². The molecular formula is C42H38F2P2Ti2-2. The summed E-state index contributed by atoms with van der Waals surface area (Å²) in [6.45, 7) is 4.37. The van der Waals surface area contributed by atoms with Crippen LogP contribution in [-0.2, 0) is 43.4 Å². The number of hydrogen-bond acceptors (Lipinski definition) is 0. The van der Waals surface area contributed by atoms with Crippen molar-refractivity contribution in [1.29, 1.82) is 0 Å². The molecule has 0 radical (unpaired) electrons. The van der Waals surface area contributed by atoms with E-state index in [4.69, 9.17) is 0 Å². The molecule has 6 aromatic carbocycles. The Bertz CT molecular complexity index is 1690. The van der Waals surface area contributed by atoms with E-state index in [1.807, 2.05) is 24.3 Å². The van der Waals surface area contributed by atoms with E-state index in [0.717, 1.165) is 30.0 Å². The first-order chi connectivity index (χ1) is 21.7. The third-order valence-corrected chi connectivity index (χ3v) is 10.1. The fraction of sp³-hybridized carbons (Fsp3) is 0.0952. The van der Waals surface area contributed by atoms with Gasteiger partial charge in [-0.1, -0.05) is 77.8 Å². The maximum absolute atomic E-state index is 2.99. The van der Waals surface area contributed by atoms with Crippen molar-refractivity contribution < 1.29 is 52.8 Å². The van der Waals surface area contributed by atoms with Crippen LogP contribution in [0, 0.1) is 26.0 Å². The van der Waals surface area contributed by atoms with Gasteiger partial charge in [0.1, 0.15) is 0 Å². The molecule has 0 aromatic heterocycles. The SMILES string of the molecule is Cc1ccccc1Pc1cc2ccccc2[cH-]1.Cc1ccccc1Pc1cc2ccccc2[cH-]1.[C-]1=CC=CC1.[C-]1=CC=CC1.[F-].[F-].[Ti+2].[Ti+2]. The summed E-state index contributed by atoms with van der Waals surface area (Å²) in [7, 11) is 1.52. The van der Waals surface area contributed by atoms with Gasteiger partial charge in [0.15, 0.2) is 0 Å². The number of rotatable bonds is 4. The van der Waals surface area contributed by atoms with E-state index in [2.05, 4.69) is 159 Å². The Kier molecular flexibility index (Phi) is 21.2. The average Bonchev–Trinajstić information content (AvgIpc) is 3.88. The van der Waals surface area contributed by atoms with E-state index in [9.17, 15) is 0 Å². The molecule has 48 heavy (non-hydrogen) atoms. The smallest absolute Gasteiger partial charge is 1.00 e. The molecular weight excluding hydrogens is 700 g/mol. The van der Waals surface area contributed by atoms with Crippen molar-refractivity contribution in [2.75, 3.05) is 0 Å². The number of hydrogen-bond donors (Lipinski definition) is 0. The minimum absolute atomic E-state index is 0. The Morgan fingerprint density at radius 1 is 0.521 bits per heavy atom. The van der Waals surface area contributed by atoms with Crippen molar-refractivity contribution in [3.8, 4) is 0 Å². The van der Waals surface area contributed by atoms with Gasteiger partial charge in [-0.05, 0) is 35.6 Å². The minimum Gasteiger partial charge on any atom is -1.00 e. The Labute approximate surface area is 318 Å². The molecule has 0 saturated heterocycles. The fourth-order valence-corrected chi connectivity index (χ4v) is 7.32. The molecule has 0 N–H and O–H groups in total. The van der Waals surface area contributed by atoms with E-state index >= 15 is 0 Å². The molecule has 2 aliphatic rings. The van der Waals surface area contributed by atoms with Crippen LogP contribution in [-0.4, -0.2) is 0 Å². The first-order valence-electron chi connectivity index (χ1n) is 15.1. The van der Waals surface area contributed by atoms with Crippen molar-refractivity contribution in [1.82, 2.24) is 0 Å². The zero-order chi connectivity index (χ0) is 30.4. The molecule has 2 atom stereocenters. The van der Waals surface area contributed by atoms with Crippen molar-refractivity contribution in [2.45, 2.75) is 26.7 Å². The molecule has 6 heteroatoms. The van der Waals surface area contributed by atoms with Crippen LogP contribution >= 0.6 is 17.2 Å². The van der Waals surface area contributed by atoms with Crippen LogP contribution in [0.1, 0.15) is 24.0 Å². The summed E-state index contributed by atoms with van der Waals surface area (Å²) in [5, 5.41) is 11.2. The fourth-order valence-electron chi connectivity index (χ4n) is 4.86. The van der Waals surface area contributed by atoms with Crippen LogP contribution in [0.3, 0.4) is 0 Å². The summed E-state index contributed by atoms with van der Waals surface area (Å²) in [5.74, 6) is 0. The van der Waals surface area contributed by atoms with Crippen molar-refractivity contribution in [3.05, 3.63) is 181 Å². The number of allylic oxidation sites excluding steroid dienone is 8. The van der Waals surface area contributed by atoms with Gasteiger partial charge in [-0.25, -0.2) is 24.3 Å². The predicted molar refractivity (Wildman–Crippen MR) is 200 cm³/mol. The summed E-state index contributed by atoms with van der Waals surface area (Å²) in [6.07, 6.45) is 20.0. The maximum Gasteiger partial charge on any atom is 2.00 e. The molecule has 0 spiro atoms. The standard InChI is InChI=1S/2C16H14P.2C5H5.2FH.2Ti/c2*1-12-6-2-5-9-16(12)17-15-10-13-7-3-4-8-14(13)11-15;2*1-2-4-5-3-1;;;;/h2*2-11,17H,1H3;2*1-3H,4H2;2*1H;;/q4*-1;;;2*+2/p-2. The topological polar surface area (TPSA) is 0 Å². The van der Waals surface area contributed by atoms with Gasteiger partial charge in [0.2, 0.25) is 0 Å². The monoisotopic (exact) mass is 738 g/mol. The van der Waals surface area contributed by atoms with E-state index in [-0.39, 0.29) is 52.8 Å². The number of benzene rings is 4. The number of fused-ring (bicyclic) bond motifs is 2. The van der Waals surface area contributed by atoms with E-state index in [1.54, 1.807) is 0 Å². The van der Waals surface area contributed by atoms with Crippen molar-refractivity contribution in [2.24, 2.45) is 0 Å². The molecule has 0 saturated carbocycles. The summed E-state index contributed by atoms with van der Waals surface area (Å²) >= 11 is 0. The first kappa shape index (κ1) is 43.2. The quantitative estimate of drug-likeness (QED) is 0.148. The largest absolute Gasteiger partial charge is 2.00 e. The molecule has 0 amide bonds. The second kappa shape index (κ2) is 23.5.